The number of anilines is 1. The van der Waals surface area contributed by atoms with Crippen LogP contribution in [0.5, 0.6) is 0 Å². The third-order valence-corrected chi connectivity index (χ3v) is 7.59. The standard InChI is InChI=1S/C29H46F2N4/c1-7-25(10-9-22(3)18-29(6,30)31)20-33-13-11-27(12-14-33)35-16-15-34(21-26(35)8-2)28-24(5)17-23(4)19-32-28/h9-10,17,19,26-27H,7-8,11-16,18,20-21H2,1-6H3/b22-9+,25-10+. The summed E-state index contributed by atoms with van der Waals surface area (Å²) in [5.74, 6) is -1.49. The van der Waals surface area contributed by atoms with Crippen LogP contribution in [0.25, 0.3) is 0 Å². The number of halogens is 2. The van der Waals surface area contributed by atoms with Gasteiger partial charge in [0.2, 0.25) is 5.92 Å². The highest BCUT2D eigenvalue weighted by atomic mass is 19.3. The summed E-state index contributed by atoms with van der Waals surface area (Å²) in [4.78, 5) is 12.5. The van der Waals surface area contributed by atoms with Crippen molar-refractivity contribution in [3.05, 3.63) is 46.7 Å². The van der Waals surface area contributed by atoms with Crippen molar-refractivity contribution in [3.63, 3.8) is 0 Å². The van der Waals surface area contributed by atoms with Crippen molar-refractivity contribution in [2.75, 3.05) is 44.2 Å². The number of likely N-dealkylation sites (tertiary alicyclic amines) is 1. The van der Waals surface area contributed by atoms with E-state index in [4.69, 9.17) is 4.98 Å². The molecule has 0 spiro atoms. The summed E-state index contributed by atoms with van der Waals surface area (Å²) in [5.41, 5.74) is 4.56. The Hall–Kier alpha value is -1.79. The van der Waals surface area contributed by atoms with E-state index in [9.17, 15) is 8.78 Å². The lowest BCUT2D eigenvalue weighted by atomic mass is 9.97. The second kappa shape index (κ2) is 12.4. The van der Waals surface area contributed by atoms with E-state index >= 15 is 0 Å². The minimum Gasteiger partial charge on any atom is -0.354 e. The number of rotatable bonds is 9. The Bertz CT molecular complexity index is 881. The molecule has 2 saturated heterocycles. The maximum atomic E-state index is 13.3. The van der Waals surface area contributed by atoms with Gasteiger partial charge in [-0.3, -0.25) is 9.80 Å². The van der Waals surface area contributed by atoms with Gasteiger partial charge in [-0.15, -0.1) is 0 Å². The number of hydrogen-bond donors (Lipinski definition) is 0. The highest BCUT2D eigenvalue weighted by Gasteiger charge is 2.33. The minimum absolute atomic E-state index is 0.169. The van der Waals surface area contributed by atoms with Crippen molar-refractivity contribution >= 4 is 5.82 Å². The fraction of sp³-hybridized carbons (Fsp3) is 0.690. The Balaban J connectivity index is 1.53. The number of aromatic nitrogens is 1. The molecular formula is C29H46F2N4. The number of hydrogen-bond acceptors (Lipinski definition) is 4. The van der Waals surface area contributed by atoms with E-state index in [1.54, 1.807) is 6.92 Å². The van der Waals surface area contributed by atoms with Crippen molar-refractivity contribution in [3.8, 4) is 0 Å². The molecule has 0 radical (unpaired) electrons. The Morgan fingerprint density at radius 3 is 2.43 bits per heavy atom. The molecule has 35 heavy (non-hydrogen) atoms. The van der Waals surface area contributed by atoms with E-state index in [2.05, 4.69) is 54.5 Å². The molecule has 3 heterocycles. The molecule has 6 heteroatoms. The molecule has 0 aromatic carbocycles. The summed E-state index contributed by atoms with van der Waals surface area (Å²) in [6.07, 6.45) is 10.3. The zero-order valence-electron chi connectivity index (χ0n) is 22.8. The molecule has 196 valence electrons. The van der Waals surface area contributed by atoms with Crippen LogP contribution < -0.4 is 4.90 Å². The van der Waals surface area contributed by atoms with Gasteiger partial charge in [-0.1, -0.05) is 43.2 Å². The number of nitrogens with zero attached hydrogens (tertiary/aromatic N) is 4. The molecule has 0 saturated carbocycles. The zero-order valence-corrected chi connectivity index (χ0v) is 22.8. The third kappa shape index (κ3) is 8.11. The Morgan fingerprint density at radius 1 is 1.11 bits per heavy atom. The fourth-order valence-electron chi connectivity index (χ4n) is 5.73. The van der Waals surface area contributed by atoms with E-state index in [0.29, 0.717) is 12.1 Å². The van der Waals surface area contributed by atoms with E-state index in [-0.39, 0.29) is 6.42 Å². The first kappa shape index (κ1) is 27.8. The Kier molecular flexibility index (Phi) is 9.88. The number of pyridine rings is 1. The van der Waals surface area contributed by atoms with E-state index in [1.807, 2.05) is 12.3 Å². The maximum Gasteiger partial charge on any atom is 0.249 e. The first-order valence-corrected chi connectivity index (χ1v) is 13.5. The summed E-state index contributed by atoms with van der Waals surface area (Å²) in [7, 11) is 0. The minimum atomic E-state index is -2.64. The molecule has 1 aromatic heterocycles. The van der Waals surface area contributed by atoms with Gasteiger partial charge in [0.25, 0.3) is 0 Å². The largest absolute Gasteiger partial charge is 0.354 e. The molecule has 3 rings (SSSR count). The molecule has 1 aromatic rings. The summed E-state index contributed by atoms with van der Waals surface area (Å²) < 4.78 is 26.5. The van der Waals surface area contributed by atoms with Gasteiger partial charge in [0.15, 0.2) is 0 Å². The van der Waals surface area contributed by atoms with Crippen LogP contribution in [0.1, 0.15) is 70.9 Å². The Labute approximate surface area is 212 Å². The molecule has 2 aliphatic heterocycles. The monoisotopic (exact) mass is 488 g/mol. The molecule has 2 fully saturated rings. The number of allylic oxidation sites excluding steroid dienone is 3. The first-order valence-electron chi connectivity index (χ1n) is 13.5. The van der Waals surface area contributed by atoms with Gasteiger partial charge in [0.1, 0.15) is 5.82 Å². The predicted molar refractivity (Wildman–Crippen MR) is 144 cm³/mol. The molecule has 0 aliphatic carbocycles. The van der Waals surface area contributed by atoms with Gasteiger partial charge in [-0.2, -0.15) is 0 Å². The molecule has 1 unspecified atom stereocenters. The van der Waals surface area contributed by atoms with Gasteiger partial charge >= 0.3 is 0 Å². The topological polar surface area (TPSA) is 22.6 Å². The highest BCUT2D eigenvalue weighted by molar-refractivity contribution is 5.48. The maximum absolute atomic E-state index is 13.3. The van der Waals surface area contributed by atoms with Crippen LogP contribution in [0.4, 0.5) is 14.6 Å². The molecular weight excluding hydrogens is 442 g/mol. The van der Waals surface area contributed by atoms with Crippen molar-refractivity contribution in [2.45, 2.75) is 91.7 Å². The van der Waals surface area contributed by atoms with Crippen molar-refractivity contribution in [2.24, 2.45) is 0 Å². The highest BCUT2D eigenvalue weighted by Crippen LogP contribution is 2.27. The molecule has 1 atom stereocenters. The molecule has 4 nitrogen and oxygen atoms in total. The van der Waals surface area contributed by atoms with Gasteiger partial charge in [0, 0.05) is 50.9 Å². The molecule has 0 bridgehead atoms. The zero-order chi connectivity index (χ0) is 25.6. The quantitative estimate of drug-likeness (QED) is 0.376. The van der Waals surface area contributed by atoms with Crippen LogP contribution in [-0.4, -0.2) is 72.1 Å². The third-order valence-electron chi connectivity index (χ3n) is 7.59. The lowest BCUT2D eigenvalue weighted by Gasteiger charge is -2.48. The number of aryl methyl sites for hydroxylation is 2. The fourth-order valence-corrected chi connectivity index (χ4v) is 5.73. The van der Waals surface area contributed by atoms with Gasteiger partial charge in [-0.05, 0) is 77.6 Å². The number of piperazine rings is 1. The molecule has 2 aliphatic rings. The average molecular weight is 489 g/mol. The summed E-state index contributed by atoms with van der Waals surface area (Å²) in [5, 5.41) is 0. The average Bonchev–Trinajstić information content (AvgIpc) is 2.80. The molecule has 0 N–H and O–H groups in total. The normalized spacial score (nSPS) is 22.2. The summed E-state index contributed by atoms with van der Waals surface area (Å²) in [6, 6.07) is 3.45. The van der Waals surface area contributed by atoms with Crippen LogP contribution in [-0.2, 0) is 0 Å². The van der Waals surface area contributed by atoms with Crippen LogP contribution in [0, 0.1) is 13.8 Å². The summed E-state index contributed by atoms with van der Waals surface area (Å²) in [6.45, 7) is 17.9. The first-order chi connectivity index (χ1) is 16.6. The smallest absolute Gasteiger partial charge is 0.249 e. The van der Waals surface area contributed by atoms with Gasteiger partial charge < -0.3 is 4.90 Å². The number of alkyl halides is 2. The molecule has 0 amide bonds. The lowest BCUT2D eigenvalue weighted by molar-refractivity contribution is 0.0227. The summed E-state index contributed by atoms with van der Waals surface area (Å²) >= 11 is 0. The van der Waals surface area contributed by atoms with Crippen LogP contribution in [0.2, 0.25) is 0 Å². The van der Waals surface area contributed by atoms with Crippen molar-refractivity contribution < 1.29 is 8.78 Å². The van der Waals surface area contributed by atoms with Crippen LogP contribution in [0.15, 0.2) is 35.6 Å². The van der Waals surface area contributed by atoms with Crippen LogP contribution in [0.3, 0.4) is 0 Å². The second-order valence-electron chi connectivity index (χ2n) is 10.8. The van der Waals surface area contributed by atoms with E-state index in [0.717, 1.165) is 70.4 Å². The van der Waals surface area contributed by atoms with Gasteiger partial charge in [0.05, 0.1) is 0 Å². The van der Waals surface area contributed by atoms with Crippen molar-refractivity contribution in [1.29, 1.82) is 0 Å². The lowest BCUT2D eigenvalue weighted by Crippen LogP contribution is -2.58. The predicted octanol–water partition coefficient (Wildman–Crippen LogP) is 6.39. The Morgan fingerprint density at radius 2 is 1.83 bits per heavy atom. The van der Waals surface area contributed by atoms with Gasteiger partial charge in [-0.25, -0.2) is 13.8 Å². The van der Waals surface area contributed by atoms with Crippen molar-refractivity contribution in [1.82, 2.24) is 14.8 Å². The second-order valence-corrected chi connectivity index (χ2v) is 10.8. The number of piperidine rings is 1. The van der Waals surface area contributed by atoms with E-state index < -0.39 is 5.92 Å². The van der Waals surface area contributed by atoms with Crippen LogP contribution >= 0.6 is 0 Å². The SMILES string of the molecule is CC/C(=C\C=C(/C)CC(C)(F)F)CN1CCC(N2CCN(c3ncc(C)cc3C)CC2CC)CC1. The van der Waals surface area contributed by atoms with E-state index in [1.165, 1.54) is 29.5 Å².